The maximum atomic E-state index is 9.45. The molecule has 12 rings (SSSR count). The van der Waals surface area contributed by atoms with Crippen molar-refractivity contribution >= 4 is 23.8 Å². The van der Waals surface area contributed by atoms with Crippen molar-refractivity contribution in [2.24, 2.45) is 69.0 Å². The van der Waals surface area contributed by atoms with Gasteiger partial charge in [-0.25, -0.2) is 49.8 Å². The molecule has 0 radical (unpaired) electrons. The Kier molecular flexibility index (Phi) is 30.1. The van der Waals surface area contributed by atoms with E-state index in [0.29, 0.717) is 104 Å². The Bertz CT molecular complexity index is 3730. The molecule has 8 aromatic rings. The minimum Gasteiger partial charge on any atom is -0.354 e. The summed E-state index contributed by atoms with van der Waals surface area (Å²) in [6.07, 6.45) is 43.5. The van der Waals surface area contributed by atoms with Crippen LogP contribution in [0.2, 0.25) is 0 Å². The monoisotopic (exact) mass is 1450 g/mol. The molecule has 4 aliphatic rings. The average molecular weight is 1460 g/mol. The van der Waals surface area contributed by atoms with E-state index < -0.39 is 0 Å². The van der Waals surface area contributed by atoms with Crippen molar-refractivity contribution in [3.05, 3.63) is 179 Å². The van der Waals surface area contributed by atoms with Gasteiger partial charge in [0.25, 0.3) is 0 Å². The SMILES string of the molecule is C[C@H]1CC[C@@H](Cc2nc(NCCc3cccnc3)ncc2C#N)CC1(C)C.C[C@H]1CC[C@@H](Cc2nc(NCCc3ccncc3)ncc2C#N)CC1(C)C.C[C@H]1CC[C@@H](Cc2nc(NCCc3ccncn3)ncc2C#N)CC1(C)C.C[C@H]1CC[C@@H](Cc2nc(NCCc3cnccn3)ncc2C#N)CC1(C)C. The molecule has 8 aromatic heterocycles. The van der Waals surface area contributed by atoms with Crippen molar-refractivity contribution < 1.29 is 0 Å². The smallest absolute Gasteiger partial charge is 0.222 e. The molecule has 0 aromatic carbocycles. The van der Waals surface area contributed by atoms with Gasteiger partial charge >= 0.3 is 0 Å². The summed E-state index contributed by atoms with van der Waals surface area (Å²) in [4.78, 5) is 60.5. The lowest BCUT2D eigenvalue weighted by atomic mass is 9.65. The molecule has 568 valence electrons. The highest BCUT2D eigenvalue weighted by Crippen LogP contribution is 2.47. The minimum atomic E-state index is 0.348. The quantitative estimate of drug-likeness (QED) is 0.0437. The molecule has 4 N–H and O–H groups in total. The fourth-order valence-electron chi connectivity index (χ4n) is 15.8. The number of anilines is 4. The van der Waals surface area contributed by atoms with E-state index in [9.17, 15) is 21.0 Å². The van der Waals surface area contributed by atoms with Crippen molar-refractivity contribution in [1.29, 1.82) is 21.0 Å². The molecule has 0 aliphatic heterocycles. The minimum absolute atomic E-state index is 0.348. The zero-order valence-electron chi connectivity index (χ0n) is 66.0. The first kappa shape index (κ1) is 82.0. The van der Waals surface area contributed by atoms with E-state index in [1.165, 1.54) is 88.2 Å². The molecule has 0 spiro atoms. The fourth-order valence-corrected chi connectivity index (χ4v) is 15.8. The molecular formula is C86H114N22. The van der Waals surface area contributed by atoms with E-state index >= 15 is 0 Å². The normalized spacial score (nSPS) is 21.4. The summed E-state index contributed by atoms with van der Waals surface area (Å²) >= 11 is 0. The van der Waals surface area contributed by atoms with Crippen molar-refractivity contribution in [3.63, 3.8) is 0 Å². The van der Waals surface area contributed by atoms with Gasteiger partial charge in [-0.05, 0) is 220 Å². The molecule has 22 heteroatoms. The van der Waals surface area contributed by atoms with Gasteiger partial charge in [-0.1, -0.05) is 89.2 Å². The molecular weight excluding hydrogens is 1340 g/mol. The fraction of sp³-hybridized carbons (Fsp3) is 0.558. The Morgan fingerprint density at radius 3 is 1.02 bits per heavy atom. The van der Waals surface area contributed by atoms with E-state index in [4.69, 9.17) is 0 Å². The van der Waals surface area contributed by atoms with Crippen LogP contribution >= 0.6 is 0 Å². The lowest BCUT2D eigenvalue weighted by molar-refractivity contribution is 0.107. The number of aromatic nitrogens is 14. The third-order valence-corrected chi connectivity index (χ3v) is 24.0. The number of nitriles is 4. The van der Waals surface area contributed by atoms with Crippen LogP contribution in [-0.4, -0.2) is 96.0 Å². The Hall–Kier alpha value is -10.1. The van der Waals surface area contributed by atoms with Crippen LogP contribution < -0.4 is 21.3 Å². The summed E-state index contributed by atoms with van der Waals surface area (Å²) in [5, 5.41) is 50.9. The topological polar surface area (TPSA) is 324 Å². The average Bonchev–Trinajstić information content (AvgIpc) is 0.830. The summed E-state index contributed by atoms with van der Waals surface area (Å²) in [5.74, 6) is 7.69. The Balaban J connectivity index is 0.000000166. The van der Waals surface area contributed by atoms with Crippen molar-refractivity contribution in [2.45, 2.75) is 212 Å². The van der Waals surface area contributed by atoms with E-state index in [1.807, 2.05) is 30.5 Å². The Morgan fingerprint density at radius 2 is 0.694 bits per heavy atom. The third-order valence-electron chi connectivity index (χ3n) is 24.0. The summed E-state index contributed by atoms with van der Waals surface area (Å²) in [5.41, 5.74) is 11.6. The molecule has 0 bridgehead atoms. The summed E-state index contributed by atoms with van der Waals surface area (Å²) in [6, 6.07) is 19.0. The van der Waals surface area contributed by atoms with Crippen LogP contribution in [0.1, 0.15) is 228 Å². The molecule has 22 nitrogen and oxygen atoms in total. The van der Waals surface area contributed by atoms with Crippen LogP contribution in [0.4, 0.5) is 23.8 Å². The lowest BCUT2D eigenvalue weighted by Crippen LogP contribution is -2.31. The number of rotatable bonds is 24. The second-order valence-corrected chi connectivity index (χ2v) is 33.4. The molecule has 0 saturated heterocycles. The van der Waals surface area contributed by atoms with Gasteiger partial charge in [0.05, 0.1) is 75.5 Å². The largest absolute Gasteiger partial charge is 0.354 e. The van der Waals surface area contributed by atoms with Crippen molar-refractivity contribution in [1.82, 2.24) is 69.8 Å². The van der Waals surface area contributed by atoms with Crippen LogP contribution in [0.5, 0.6) is 0 Å². The third kappa shape index (κ3) is 25.0. The first-order valence-electron chi connectivity index (χ1n) is 39.2. The van der Waals surface area contributed by atoms with Crippen LogP contribution in [0, 0.1) is 114 Å². The van der Waals surface area contributed by atoms with Gasteiger partial charge in [0.2, 0.25) is 23.8 Å². The molecule has 0 amide bonds. The van der Waals surface area contributed by atoms with Crippen LogP contribution in [-0.2, 0) is 51.4 Å². The number of nitrogens with one attached hydrogen (secondary N) is 4. The van der Waals surface area contributed by atoms with Crippen LogP contribution in [0.15, 0.2) is 111 Å². The van der Waals surface area contributed by atoms with Crippen LogP contribution in [0.3, 0.4) is 0 Å². The van der Waals surface area contributed by atoms with Crippen molar-refractivity contribution in [3.8, 4) is 24.3 Å². The predicted molar refractivity (Wildman–Crippen MR) is 424 cm³/mol. The van der Waals surface area contributed by atoms with Gasteiger partial charge in [0, 0.05) is 94.3 Å². The summed E-state index contributed by atoms with van der Waals surface area (Å²) < 4.78 is 0. The number of hydrogen-bond donors (Lipinski definition) is 4. The molecule has 4 saturated carbocycles. The van der Waals surface area contributed by atoms with Gasteiger partial charge in [0.15, 0.2) is 0 Å². The Labute approximate surface area is 642 Å². The van der Waals surface area contributed by atoms with Gasteiger partial charge in [-0.15, -0.1) is 0 Å². The second-order valence-electron chi connectivity index (χ2n) is 33.4. The second kappa shape index (κ2) is 39.7. The first-order valence-corrected chi connectivity index (χ1v) is 39.2. The van der Waals surface area contributed by atoms with E-state index in [1.54, 1.807) is 74.5 Å². The standard InChI is InChI=1S/2C22H29N5.2C21H28N6/c1-16-4-5-18(13-22(16,2)3)12-20-19(14-23)15-26-21(27-20)25-11-8-17-6-9-24-10-7-17;1-16-6-7-18(12-22(16,2)3)11-20-19(13-23)15-26-21(27-20)25-10-8-17-5-4-9-24-14-17;1-15-4-5-16(11-21(15,2)3)10-19-17(12-22)13-25-20(27-19)24-9-7-18-6-8-23-14-26-18;1-15-4-5-16(11-21(15,2)3)10-19-17(12-22)13-26-20(27-19)25-7-6-18-14-23-8-9-24-18/h6-7,9-10,15-16,18H,4-5,8,11-13H2,1-3H3,(H,25,26,27);4-5,9,14-16,18H,6-8,10-12H2,1-3H3,(H,25,26,27);6,8,13-16H,4-5,7,9-11H2,1-3H3,(H,24,25,27);8-9,13-16H,4-7,10-11H2,1-3H3,(H,25,26,27)/t2*16-,18-;2*15-,16-/m0000/s1. The molecule has 108 heavy (non-hydrogen) atoms. The van der Waals surface area contributed by atoms with Gasteiger partial charge in [-0.3, -0.25) is 19.9 Å². The highest BCUT2D eigenvalue weighted by atomic mass is 15.1. The summed E-state index contributed by atoms with van der Waals surface area (Å²) in [7, 11) is 0. The number of hydrogen-bond acceptors (Lipinski definition) is 22. The highest BCUT2D eigenvalue weighted by molar-refractivity contribution is 5.41. The van der Waals surface area contributed by atoms with Gasteiger partial charge in [0.1, 0.15) is 30.6 Å². The summed E-state index contributed by atoms with van der Waals surface area (Å²) in [6.45, 7) is 31.1. The first-order chi connectivity index (χ1) is 51.9. The molecule has 8 heterocycles. The van der Waals surface area contributed by atoms with Crippen molar-refractivity contribution in [2.75, 3.05) is 47.4 Å². The van der Waals surface area contributed by atoms with Gasteiger partial charge < -0.3 is 21.3 Å². The van der Waals surface area contributed by atoms with E-state index in [2.05, 4.69) is 204 Å². The zero-order chi connectivity index (χ0) is 77.1. The van der Waals surface area contributed by atoms with E-state index in [-0.39, 0.29) is 0 Å². The van der Waals surface area contributed by atoms with Crippen LogP contribution in [0.25, 0.3) is 0 Å². The molecule has 4 fully saturated rings. The maximum absolute atomic E-state index is 9.45. The van der Waals surface area contributed by atoms with E-state index in [0.717, 1.165) is 122 Å². The molecule has 8 atom stereocenters. The highest BCUT2D eigenvalue weighted by Gasteiger charge is 2.38. The maximum Gasteiger partial charge on any atom is 0.222 e. The number of pyridine rings is 2. The Morgan fingerprint density at radius 1 is 0.343 bits per heavy atom. The number of nitrogens with zero attached hydrogens (tertiary/aromatic N) is 18. The molecule has 0 unspecified atom stereocenters. The lowest BCUT2D eigenvalue weighted by Gasteiger charge is -2.41. The zero-order valence-corrected chi connectivity index (χ0v) is 66.0. The predicted octanol–water partition coefficient (Wildman–Crippen LogP) is 16.4. The van der Waals surface area contributed by atoms with Gasteiger partial charge in [-0.2, -0.15) is 21.0 Å². The molecule has 4 aliphatic carbocycles.